The maximum Gasteiger partial charge on any atom is 0.223 e. The first-order valence-corrected chi connectivity index (χ1v) is 4.61. The van der Waals surface area contributed by atoms with E-state index in [2.05, 4.69) is 16.4 Å². The Morgan fingerprint density at radius 3 is 3.23 bits per heavy atom. The molecule has 1 radical (unpaired) electrons. The van der Waals surface area contributed by atoms with E-state index >= 15 is 0 Å². The summed E-state index contributed by atoms with van der Waals surface area (Å²) in [6, 6.07) is 8.50. The van der Waals surface area contributed by atoms with E-state index in [-0.39, 0.29) is 5.91 Å². The van der Waals surface area contributed by atoms with Crippen molar-refractivity contribution in [1.82, 2.24) is 4.98 Å². The van der Waals surface area contributed by atoms with Crippen LogP contribution in [0.1, 0.15) is 6.92 Å². The molecule has 4 heteroatoms. The highest BCUT2D eigenvalue weighted by molar-refractivity contribution is 7.22. The molecule has 1 aromatic heterocycles. The minimum atomic E-state index is -0.0944. The van der Waals surface area contributed by atoms with Crippen LogP contribution in [0, 0.1) is 6.07 Å². The van der Waals surface area contributed by atoms with Gasteiger partial charge < -0.3 is 5.32 Å². The number of thiazole rings is 1. The highest BCUT2D eigenvalue weighted by atomic mass is 32.1. The number of rotatable bonds is 1. The fraction of sp³-hybridized carbons (Fsp3) is 0.111. The molecule has 0 aliphatic rings. The van der Waals surface area contributed by atoms with E-state index < -0.39 is 0 Å². The number of amides is 1. The van der Waals surface area contributed by atoms with Gasteiger partial charge in [-0.2, -0.15) is 0 Å². The van der Waals surface area contributed by atoms with Crippen LogP contribution < -0.4 is 5.32 Å². The number of carbonyl (C=O) groups is 1. The van der Waals surface area contributed by atoms with Gasteiger partial charge >= 0.3 is 0 Å². The van der Waals surface area contributed by atoms with Crippen molar-refractivity contribution in [3.63, 3.8) is 0 Å². The third-order valence-corrected chi connectivity index (χ3v) is 2.45. The molecule has 0 unspecified atom stereocenters. The number of carbonyl (C=O) groups excluding carboxylic acids is 1. The first kappa shape index (κ1) is 8.19. The Morgan fingerprint density at radius 2 is 2.54 bits per heavy atom. The number of aromatic nitrogens is 1. The Kier molecular flexibility index (Phi) is 1.98. The van der Waals surface area contributed by atoms with E-state index in [1.807, 2.05) is 12.1 Å². The van der Waals surface area contributed by atoms with Crippen LogP contribution >= 0.6 is 11.3 Å². The highest BCUT2D eigenvalue weighted by Gasteiger charge is 2.02. The standard InChI is InChI=1S/C9H7N2OS/c1-6(12)10-9-11-7-4-2-3-5-8(7)13-9/h2,4-5H,1H3,(H,10,11,12). The lowest BCUT2D eigenvalue weighted by molar-refractivity contribution is -0.114. The fourth-order valence-electron chi connectivity index (χ4n) is 1.02. The predicted octanol–water partition coefficient (Wildman–Crippen LogP) is 2.05. The van der Waals surface area contributed by atoms with Crippen molar-refractivity contribution in [3.05, 3.63) is 24.3 Å². The third kappa shape index (κ3) is 1.67. The second kappa shape index (κ2) is 3.14. The summed E-state index contributed by atoms with van der Waals surface area (Å²) in [5.74, 6) is -0.0944. The van der Waals surface area contributed by atoms with Gasteiger partial charge in [0.1, 0.15) is 0 Å². The zero-order valence-corrected chi connectivity index (χ0v) is 7.81. The van der Waals surface area contributed by atoms with Crippen molar-refractivity contribution >= 4 is 32.6 Å². The van der Waals surface area contributed by atoms with Crippen molar-refractivity contribution in [1.29, 1.82) is 0 Å². The van der Waals surface area contributed by atoms with Crippen LogP contribution in [0.4, 0.5) is 5.13 Å². The van der Waals surface area contributed by atoms with Gasteiger partial charge in [-0.1, -0.05) is 17.4 Å². The van der Waals surface area contributed by atoms with Gasteiger partial charge in [-0.15, -0.1) is 0 Å². The van der Waals surface area contributed by atoms with Gasteiger partial charge in [0, 0.05) is 6.92 Å². The molecule has 2 rings (SSSR count). The Balaban J connectivity index is 2.44. The van der Waals surface area contributed by atoms with Crippen LogP contribution in [0.2, 0.25) is 0 Å². The normalized spacial score (nSPS) is 10.2. The molecule has 0 saturated heterocycles. The molecule has 0 spiro atoms. The van der Waals surface area contributed by atoms with Crippen LogP contribution in [0.5, 0.6) is 0 Å². The lowest BCUT2D eigenvalue weighted by Gasteiger charge is -1.91. The summed E-state index contributed by atoms with van der Waals surface area (Å²) >= 11 is 1.45. The summed E-state index contributed by atoms with van der Waals surface area (Å²) in [5, 5.41) is 3.29. The zero-order chi connectivity index (χ0) is 9.26. The highest BCUT2D eigenvalue weighted by Crippen LogP contribution is 2.24. The number of anilines is 1. The lowest BCUT2D eigenvalue weighted by atomic mass is 10.3. The number of hydrogen-bond donors (Lipinski definition) is 1. The minimum absolute atomic E-state index is 0.0944. The molecule has 0 aliphatic heterocycles. The topological polar surface area (TPSA) is 42.0 Å². The SMILES string of the molecule is CC(=O)Nc1nc2cc[c]cc2s1. The molecule has 1 amide bonds. The van der Waals surface area contributed by atoms with Crippen molar-refractivity contribution < 1.29 is 4.79 Å². The van der Waals surface area contributed by atoms with Gasteiger partial charge in [0.05, 0.1) is 10.2 Å². The average molecular weight is 191 g/mol. The van der Waals surface area contributed by atoms with Crippen molar-refractivity contribution in [2.24, 2.45) is 0 Å². The molecule has 0 saturated carbocycles. The van der Waals surface area contributed by atoms with Crippen molar-refractivity contribution in [2.75, 3.05) is 5.32 Å². The summed E-state index contributed by atoms with van der Waals surface area (Å²) in [7, 11) is 0. The molecule has 0 atom stereocenters. The molecular weight excluding hydrogens is 184 g/mol. The Bertz CT molecular complexity index is 417. The van der Waals surface area contributed by atoms with E-state index in [0.717, 1.165) is 10.2 Å². The van der Waals surface area contributed by atoms with Crippen LogP contribution in [0.3, 0.4) is 0 Å². The molecule has 0 aliphatic carbocycles. The summed E-state index contributed by atoms with van der Waals surface area (Å²) < 4.78 is 1.03. The minimum Gasteiger partial charge on any atom is -0.302 e. The molecule has 13 heavy (non-hydrogen) atoms. The lowest BCUT2D eigenvalue weighted by Crippen LogP contribution is -2.04. The number of fused-ring (bicyclic) bond motifs is 1. The van der Waals surface area contributed by atoms with Gasteiger partial charge in [-0.25, -0.2) is 4.98 Å². The Hall–Kier alpha value is -1.42. The quantitative estimate of drug-likeness (QED) is 0.749. The third-order valence-electron chi connectivity index (χ3n) is 1.52. The van der Waals surface area contributed by atoms with E-state index in [9.17, 15) is 4.79 Å². The van der Waals surface area contributed by atoms with Crippen LogP contribution in [0.25, 0.3) is 10.2 Å². The molecule has 1 aromatic carbocycles. The summed E-state index contributed by atoms with van der Waals surface area (Å²) in [6.45, 7) is 1.47. The molecule has 1 heterocycles. The molecule has 0 fully saturated rings. The molecule has 2 aromatic rings. The summed E-state index contributed by atoms with van der Waals surface area (Å²) in [6.07, 6.45) is 0. The summed E-state index contributed by atoms with van der Waals surface area (Å²) in [4.78, 5) is 15.0. The maximum atomic E-state index is 10.7. The fourth-order valence-corrected chi connectivity index (χ4v) is 1.91. The van der Waals surface area contributed by atoms with Crippen LogP contribution in [0.15, 0.2) is 18.2 Å². The summed E-state index contributed by atoms with van der Waals surface area (Å²) in [5.41, 5.74) is 0.896. The van der Waals surface area contributed by atoms with Crippen molar-refractivity contribution in [2.45, 2.75) is 6.92 Å². The average Bonchev–Trinajstić information content (AvgIpc) is 2.44. The molecular formula is C9H7N2OS. The number of hydrogen-bond acceptors (Lipinski definition) is 3. The van der Waals surface area contributed by atoms with Crippen LogP contribution in [-0.2, 0) is 4.79 Å². The predicted molar refractivity (Wildman–Crippen MR) is 52.8 cm³/mol. The first-order valence-electron chi connectivity index (χ1n) is 3.80. The van der Waals surface area contributed by atoms with Gasteiger partial charge in [0.2, 0.25) is 5.91 Å². The monoisotopic (exact) mass is 191 g/mol. The van der Waals surface area contributed by atoms with E-state index in [1.54, 1.807) is 6.07 Å². The largest absolute Gasteiger partial charge is 0.302 e. The van der Waals surface area contributed by atoms with E-state index in [0.29, 0.717) is 5.13 Å². The van der Waals surface area contributed by atoms with Crippen molar-refractivity contribution in [3.8, 4) is 0 Å². The second-order valence-electron chi connectivity index (χ2n) is 2.59. The Labute approximate surface area is 79.4 Å². The van der Waals surface area contributed by atoms with Gasteiger partial charge in [0.25, 0.3) is 0 Å². The maximum absolute atomic E-state index is 10.7. The molecule has 0 bridgehead atoms. The van der Waals surface area contributed by atoms with Gasteiger partial charge in [-0.05, 0) is 18.2 Å². The van der Waals surface area contributed by atoms with E-state index in [4.69, 9.17) is 0 Å². The number of nitrogens with one attached hydrogen (secondary N) is 1. The Morgan fingerprint density at radius 1 is 1.69 bits per heavy atom. The molecule has 3 nitrogen and oxygen atoms in total. The first-order chi connectivity index (χ1) is 6.25. The van der Waals surface area contributed by atoms with E-state index in [1.165, 1.54) is 18.3 Å². The molecule has 1 N–H and O–H groups in total. The number of nitrogens with zero attached hydrogens (tertiary/aromatic N) is 1. The zero-order valence-electron chi connectivity index (χ0n) is 7.00. The molecule has 65 valence electrons. The van der Waals surface area contributed by atoms with Gasteiger partial charge in [0.15, 0.2) is 5.13 Å². The number of benzene rings is 1. The van der Waals surface area contributed by atoms with Gasteiger partial charge in [-0.3, -0.25) is 4.79 Å². The second-order valence-corrected chi connectivity index (χ2v) is 3.62. The van der Waals surface area contributed by atoms with Crippen LogP contribution in [-0.4, -0.2) is 10.9 Å². The smallest absolute Gasteiger partial charge is 0.223 e.